The highest BCUT2D eigenvalue weighted by Crippen LogP contribution is 2.26. The van der Waals surface area contributed by atoms with Crippen LogP contribution in [0.1, 0.15) is 44.5 Å². The molecule has 8 nitrogen and oxygen atoms in total. The van der Waals surface area contributed by atoms with Gasteiger partial charge in [-0.15, -0.1) is 0 Å². The smallest absolute Gasteiger partial charge is 0.241 e. The number of hydrogen-bond donors (Lipinski definition) is 3. The predicted octanol–water partition coefficient (Wildman–Crippen LogP) is 4.08. The van der Waals surface area contributed by atoms with E-state index in [1.54, 1.807) is 0 Å². The maximum Gasteiger partial charge on any atom is 0.241 e. The normalized spacial score (nSPS) is 13.5. The summed E-state index contributed by atoms with van der Waals surface area (Å²) in [5.74, 6) is 1.09. The van der Waals surface area contributed by atoms with Gasteiger partial charge in [0.1, 0.15) is 5.82 Å². The largest absolute Gasteiger partial charge is 0.394 e. The number of rotatable bonds is 11. The number of benzene rings is 2. The van der Waals surface area contributed by atoms with Crippen LogP contribution in [-0.4, -0.2) is 47.4 Å². The monoisotopic (exact) mass is 483 g/mol. The molecule has 0 saturated heterocycles. The third kappa shape index (κ3) is 7.78. The average molecular weight is 484 g/mol. The van der Waals surface area contributed by atoms with E-state index in [4.69, 9.17) is 0 Å². The summed E-state index contributed by atoms with van der Waals surface area (Å²) in [7, 11) is -3.56. The van der Waals surface area contributed by atoms with Crippen LogP contribution in [0.15, 0.2) is 54.6 Å². The fourth-order valence-electron chi connectivity index (χ4n) is 3.76. The van der Waals surface area contributed by atoms with E-state index >= 15 is 0 Å². The highest BCUT2D eigenvalue weighted by Gasteiger charge is 2.17. The summed E-state index contributed by atoms with van der Waals surface area (Å²) in [6.45, 7) is 6.12. The van der Waals surface area contributed by atoms with Gasteiger partial charge in [-0.1, -0.05) is 75.4 Å². The second-order valence-electron chi connectivity index (χ2n) is 9.02. The first kappa shape index (κ1) is 25.6. The molecule has 1 heterocycles. The Bertz CT molecular complexity index is 1190. The van der Waals surface area contributed by atoms with Gasteiger partial charge in [0, 0.05) is 6.42 Å². The molecule has 3 aromatic rings. The lowest BCUT2D eigenvalue weighted by Crippen LogP contribution is -2.27. The molecule has 0 aliphatic heterocycles. The summed E-state index contributed by atoms with van der Waals surface area (Å²) in [6, 6.07) is 18.3. The molecule has 182 valence electrons. The van der Waals surface area contributed by atoms with Gasteiger partial charge in [-0.05, 0) is 34.9 Å². The highest BCUT2D eigenvalue weighted by molar-refractivity contribution is 7.91. The summed E-state index contributed by atoms with van der Waals surface area (Å²) in [5, 5.41) is 12.9. The summed E-state index contributed by atoms with van der Waals surface area (Å²) < 4.78 is 25.9. The molecule has 2 aromatic carbocycles. The van der Waals surface area contributed by atoms with E-state index in [0.717, 1.165) is 29.4 Å². The van der Waals surface area contributed by atoms with Gasteiger partial charge in [0.25, 0.3) is 0 Å². The van der Waals surface area contributed by atoms with Crippen molar-refractivity contribution in [3.05, 3.63) is 66.0 Å². The third-order valence-electron chi connectivity index (χ3n) is 5.32. The van der Waals surface area contributed by atoms with Crippen LogP contribution in [0.4, 0.5) is 11.9 Å². The first-order chi connectivity index (χ1) is 16.1. The molecule has 0 saturated carbocycles. The summed E-state index contributed by atoms with van der Waals surface area (Å²) in [4.78, 5) is 13.1. The molecule has 1 unspecified atom stereocenters. The molecular formula is C25H33N5O3S. The zero-order valence-corrected chi connectivity index (χ0v) is 20.9. The number of hydrogen-bond acceptors (Lipinski definition) is 7. The fraction of sp³-hybridized carbons (Fsp3) is 0.400. The van der Waals surface area contributed by atoms with Crippen LogP contribution in [0.2, 0.25) is 0 Å². The second-order valence-corrected chi connectivity index (χ2v) is 10.8. The maximum absolute atomic E-state index is 11.8. The number of anilines is 2. The minimum absolute atomic E-state index is 0.0403. The average Bonchev–Trinajstić information content (AvgIpc) is 2.77. The Hall–Kier alpha value is -3.04. The summed E-state index contributed by atoms with van der Waals surface area (Å²) >= 11 is 0. The molecule has 9 heteroatoms. The third-order valence-corrected chi connectivity index (χ3v) is 5.87. The van der Waals surface area contributed by atoms with Crippen molar-refractivity contribution >= 4 is 21.9 Å². The van der Waals surface area contributed by atoms with Crippen LogP contribution in [-0.2, 0) is 16.4 Å². The number of aromatic nitrogens is 3. The van der Waals surface area contributed by atoms with Crippen LogP contribution in [0, 0.1) is 5.92 Å². The maximum atomic E-state index is 11.8. The Morgan fingerprint density at radius 3 is 2.24 bits per heavy atom. The topological polar surface area (TPSA) is 117 Å². The Kier molecular flexibility index (Phi) is 8.57. The Balaban J connectivity index is 1.86. The molecule has 0 bridgehead atoms. The molecule has 3 N–H and O–H groups in total. The lowest BCUT2D eigenvalue weighted by molar-refractivity contribution is 0.259. The second kappa shape index (κ2) is 11.4. The van der Waals surface area contributed by atoms with Crippen molar-refractivity contribution in [1.29, 1.82) is 0 Å². The van der Waals surface area contributed by atoms with E-state index in [-0.39, 0.29) is 30.5 Å². The zero-order valence-electron chi connectivity index (χ0n) is 20.1. The number of nitrogens with zero attached hydrogens (tertiary/aromatic N) is 3. The minimum Gasteiger partial charge on any atom is -0.394 e. The molecule has 0 spiro atoms. The zero-order chi connectivity index (χ0) is 24.7. The fourth-order valence-corrected chi connectivity index (χ4v) is 4.19. The van der Waals surface area contributed by atoms with Gasteiger partial charge in [0.2, 0.25) is 21.9 Å². The SMILES string of the molecule is CC(C)C[C@H](CO)Nc1nc(CC(C)c2cccc(-c3ccccc3)c2)nc(NS(C)(=O)=O)n1. The van der Waals surface area contributed by atoms with Crippen molar-refractivity contribution in [2.24, 2.45) is 5.92 Å². The van der Waals surface area contributed by atoms with Gasteiger partial charge < -0.3 is 10.4 Å². The summed E-state index contributed by atoms with van der Waals surface area (Å²) in [5.41, 5.74) is 3.40. The van der Waals surface area contributed by atoms with Crippen LogP contribution in [0.5, 0.6) is 0 Å². The Labute approximate surface area is 202 Å². The van der Waals surface area contributed by atoms with Crippen LogP contribution in [0.3, 0.4) is 0 Å². The van der Waals surface area contributed by atoms with Crippen molar-refractivity contribution in [1.82, 2.24) is 15.0 Å². The minimum atomic E-state index is -3.56. The van der Waals surface area contributed by atoms with Gasteiger partial charge in [0.15, 0.2) is 0 Å². The molecule has 0 aliphatic carbocycles. The van der Waals surface area contributed by atoms with Gasteiger partial charge >= 0.3 is 0 Å². The van der Waals surface area contributed by atoms with Crippen molar-refractivity contribution in [3.63, 3.8) is 0 Å². The Morgan fingerprint density at radius 2 is 1.59 bits per heavy atom. The van der Waals surface area contributed by atoms with Crippen LogP contribution >= 0.6 is 0 Å². The number of sulfonamides is 1. The lowest BCUT2D eigenvalue weighted by Gasteiger charge is -2.19. The molecule has 0 amide bonds. The Morgan fingerprint density at radius 1 is 0.912 bits per heavy atom. The lowest BCUT2D eigenvalue weighted by atomic mass is 9.94. The van der Waals surface area contributed by atoms with E-state index in [1.165, 1.54) is 0 Å². The molecular weight excluding hydrogens is 450 g/mol. The van der Waals surface area contributed by atoms with Gasteiger partial charge in [-0.25, -0.2) is 8.42 Å². The molecule has 0 fully saturated rings. The summed E-state index contributed by atoms with van der Waals surface area (Å²) in [6.07, 6.45) is 2.26. The predicted molar refractivity (Wildman–Crippen MR) is 136 cm³/mol. The molecule has 0 radical (unpaired) electrons. The van der Waals surface area contributed by atoms with Gasteiger partial charge in [-0.3, -0.25) is 4.72 Å². The van der Waals surface area contributed by atoms with E-state index in [0.29, 0.717) is 18.2 Å². The molecule has 34 heavy (non-hydrogen) atoms. The van der Waals surface area contributed by atoms with E-state index in [1.807, 2.05) is 24.3 Å². The number of aliphatic hydroxyl groups excluding tert-OH is 1. The van der Waals surface area contributed by atoms with Crippen molar-refractivity contribution < 1.29 is 13.5 Å². The number of aliphatic hydroxyl groups is 1. The van der Waals surface area contributed by atoms with Crippen LogP contribution < -0.4 is 10.0 Å². The van der Waals surface area contributed by atoms with E-state index in [9.17, 15) is 13.5 Å². The molecule has 2 atom stereocenters. The van der Waals surface area contributed by atoms with Crippen LogP contribution in [0.25, 0.3) is 11.1 Å². The van der Waals surface area contributed by atoms with Crippen molar-refractivity contribution in [2.75, 3.05) is 22.9 Å². The first-order valence-corrected chi connectivity index (χ1v) is 13.3. The van der Waals surface area contributed by atoms with Gasteiger partial charge in [0.05, 0.1) is 18.9 Å². The van der Waals surface area contributed by atoms with Gasteiger partial charge in [-0.2, -0.15) is 15.0 Å². The molecule has 0 aliphatic rings. The highest BCUT2D eigenvalue weighted by atomic mass is 32.2. The molecule has 1 aromatic heterocycles. The first-order valence-electron chi connectivity index (χ1n) is 11.4. The van der Waals surface area contributed by atoms with Crippen molar-refractivity contribution in [2.45, 2.75) is 45.6 Å². The number of nitrogens with one attached hydrogen (secondary N) is 2. The quantitative estimate of drug-likeness (QED) is 0.376. The standard InChI is InChI=1S/C25H33N5O3S/c1-17(2)13-22(16-31)26-24-27-23(28-25(29-24)30-34(4,32)33)14-18(3)20-11-8-12-21(15-20)19-9-6-5-7-10-19/h5-12,15,17-18,22,31H,13-14,16H2,1-4H3,(H2,26,27,28,29,30)/t18?,22-/m1/s1. The van der Waals surface area contributed by atoms with E-state index < -0.39 is 10.0 Å². The van der Waals surface area contributed by atoms with Crippen molar-refractivity contribution in [3.8, 4) is 11.1 Å². The molecule has 3 rings (SSSR count). The van der Waals surface area contributed by atoms with E-state index in [2.05, 4.69) is 76.1 Å².